The first-order valence-corrected chi connectivity index (χ1v) is 11.9. The summed E-state index contributed by atoms with van der Waals surface area (Å²) in [6.45, 7) is 1.19. The van der Waals surface area contributed by atoms with Crippen LogP contribution in [0, 0.1) is 11.7 Å². The van der Waals surface area contributed by atoms with Crippen LogP contribution in [0.3, 0.4) is 0 Å². The van der Waals surface area contributed by atoms with Crippen molar-refractivity contribution in [2.45, 2.75) is 51.4 Å². The zero-order valence-electron chi connectivity index (χ0n) is 19.2. The largest absolute Gasteiger partial charge is 0.349 e. The van der Waals surface area contributed by atoms with Gasteiger partial charge in [0, 0.05) is 37.7 Å². The summed E-state index contributed by atoms with van der Waals surface area (Å²) in [5, 5.41) is 2.90. The maximum absolute atomic E-state index is 13.4. The normalized spacial score (nSPS) is 18.7. The second kappa shape index (κ2) is 10.8. The average Bonchev–Trinajstić information content (AvgIpc) is 3.33. The molecule has 1 heterocycles. The molecule has 2 aliphatic rings. The van der Waals surface area contributed by atoms with Gasteiger partial charge in [0.15, 0.2) is 6.17 Å². The monoisotopic (exact) mass is 466 g/mol. The topological polar surface area (TPSA) is 95.7 Å². The number of nitrogens with two attached hydrogens (primary N) is 1. The Morgan fingerprint density at radius 2 is 1.62 bits per heavy atom. The van der Waals surface area contributed by atoms with Crippen LogP contribution >= 0.6 is 0 Å². The summed E-state index contributed by atoms with van der Waals surface area (Å²) in [6, 6.07) is 12.8. The van der Waals surface area contributed by atoms with Gasteiger partial charge in [0.25, 0.3) is 11.8 Å². The Hall–Kier alpha value is -3.26. The molecule has 3 amide bonds. The van der Waals surface area contributed by atoms with Crippen LogP contribution < -0.4 is 11.1 Å². The Bertz CT molecular complexity index is 1040. The fourth-order valence-corrected chi connectivity index (χ4v) is 4.84. The van der Waals surface area contributed by atoms with Crippen molar-refractivity contribution in [1.82, 2.24) is 15.1 Å². The Morgan fingerprint density at radius 3 is 2.32 bits per heavy atom. The molecule has 2 aromatic carbocycles. The molecule has 0 aromatic heterocycles. The number of halogens is 1. The van der Waals surface area contributed by atoms with Crippen molar-refractivity contribution in [3.8, 4) is 0 Å². The average molecular weight is 467 g/mol. The number of hydrogen-bond donors (Lipinski definition) is 2. The molecule has 2 aromatic rings. The van der Waals surface area contributed by atoms with E-state index >= 15 is 0 Å². The third kappa shape index (κ3) is 5.28. The SMILES string of the molecule is NCc1cccc(CNC(=O)C2N(C(=O)c3ccc(F)cc3)CCN2C(=O)C2CCCCC2)c1. The summed E-state index contributed by atoms with van der Waals surface area (Å²) in [7, 11) is 0. The fourth-order valence-electron chi connectivity index (χ4n) is 4.84. The second-order valence-electron chi connectivity index (χ2n) is 8.99. The zero-order chi connectivity index (χ0) is 24.1. The van der Waals surface area contributed by atoms with E-state index in [-0.39, 0.29) is 30.5 Å². The quantitative estimate of drug-likeness (QED) is 0.684. The van der Waals surface area contributed by atoms with Crippen LogP contribution in [0.15, 0.2) is 48.5 Å². The van der Waals surface area contributed by atoms with Gasteiger partial charge < -0.3 is 20.9 Å². The minimum Gasteiger partial charge on any atom is -0.349 e. The van der Waals surface area contributed by atoms with Crippen molar-refractivity contribution in [2.75, 3.05) is 13.1 Å². The first kappa shape index (κ1) is 23.9. The first-order chi connectivity index (χ1) is 16.5. The lowest BCUT2D eigenvalue weighted by Crippen LogP contribution is -2.54. The van der Waals surface area contributed by atoms with Gasteiger partial charge in [0.05, 0.1) is 0 Å². The number of carbonyl (C=O) groups excluding carboxylic acids is 3. The van der Waals surface area contributed by atoms with Gasteiger partial charge in [-0.15, -0.1) is 0 Å². The Kier molecular flexibility index (Phi) is 7.57. The number of nitrogens with one attached hydrogen (secondary N) is 1. The molecule has 1 atom stereocenters. The molecular formula is C26H31FN4O3. The predicted molar refractivity (Wildman–Crippen MR) is 126 cm³/mol. The lowest BCUT2D eigenvalue weighted by molar-refractivity contribution is -0.145. The molecule has 4 rings (SSSR count). The molecule has 7 nitrogen and oxygen atoms in total. The number of carbonyl (C=O) groups is 3. The number of benzene rings is 2. The van der Waals surface area contributed by atoms with Gasteiger partial charge in [-0.1, -0.05) is 43.5 Å². The number of nitrogens with zero attached hydrogens (tertiary/aromatic N) is 2. The maximum atomic E-state index is 13.4. The highest BCUT2D eigenvalue weighted by Crippen LogP contribution is 2.29. The summed E-state index contributed by atoms with van der Waals surface area (Å²) < 4.78 is 13.4. The lowest BCUT2D eigenvalue weighted by Gasteiger charge is -2.32. The van der Waals surface area contributed by atoms with Gasteiger partial charge in [-0.3, -0.25) is 14.4 Å². The van der Waals surface area contributed by atoms with Gasteiger partial charge in [0.1, 0.15) is 5.82 Å². The molecule has 1 saturated carbocycles. The minimum absolute atomic E-state index is 0.0700. The van der Waals surface area contributed by atoms with Crippen LogP contribution in [0.4, 0.5) is 4.39 Å². The van der Waals surface area contributed by atoms with E-state index in [0.717, 1.165) is 43.2 Å². The molecule has 1 aliphatic carbocycles. The molecule has 2 fully saturated rings. The van der Waals surface area contributed by atoms with Gasteiger partial charge >= 0.3 is 0 Å². The highest BCUT2D eigenvalue weighted by atomic mass is 19.1. The second-order valence-corrected chi connectivity index (χ2v) is 8.99. The van der Waals surface area contributed by atoms with Crippen LogP contribution in [-0.4, -0.2) is 46.8 Å². The van der Waals surface area contributed by atoms with Crippen molar-refractivity contribution in [3.63, 3.8) is 0 Å². The molecule has 1 unspecified atom stereocenters. The van der Waals surface area contributed by atoms with Gasteiger partial charge in [-0.05, 0) is 48.2 Å². The van der Waals surface area contributed by atoms with Crippen molar-refractivity contribution >= 4 is 17.7 Å². The van der Waals surface area contributed by atoms with Crippen molar-refractivity contribution < 1.29 is 18.8 Å². The maximum Gasteiger partial charge on any atom is 0.264 e. The Labute approximate surface area is 199 Å². The van der Waals surface area contributed by atoms with Crippen molar-refractivity contribution in [3.05, 3.63) is 71.0 Å². The summed E-state index contributed by atoms with van der Waals surface area (Å²) in [6.07, 6.45) is 3.69. The van der Waals surface area contributed by atoms with Crippen LogP contribution in [0.1, 0.15) is 53.6 Å². The van der Waals surface area contributed by atoms with E-state index in [2.05, 4.69) is 5.32 Å². The number of hydrogen-bond acceptors (Lipinski definition) is 4. The van der Waals surface area contributed by atoms with Crippen molar-refractivity contribution in [1.29, 1.82) is 0 Å². The third-order valence-electron chi connectivity index (χ3n) is 6.69. The van der Waals surface area contributed by atoms with E-state index in [0.29, 0.717) is 13.1 Å². The van der Waals surface area contributed by atoms with E-state index in [9.17, 15) is 18.8 Å². The highest BCUT2D eigenvalue weighted by molar-refractivity contribution is 5.99. The molecule has 1 aliphatic heterocycles. The molecular weight excluding hydrogens is 435 g/mol. The van der Waals surface area contributed by atoms with E-state index in [1.54, 1.807) is 4.90 Å². The van der Waals surface area contributed by atoms with Crippen LogP contribution in [0.5, 0.6) is 0 Å². The fraction of sp³-hybridized carbons (Fsp3) is 0.423. The van der Waals surface area contributed by atoms with Crippen molar-refractivity contribution in [2.24, 2.45) is 11.7 Å². The summed E-state index contributed by atoms with van der Waals surface area (Å²) in [4.78, 5) is 43.0. The van der Waals surface area contributed by atoms with Crippen LogP contribution in [0.25, 0.3) is 0 Å². The Balaban J connectivity index is 1.55. The molecule has 0 bridgehead atoms. The number of rotatable bonds is 6. The van der Waals surface area contributed by atoms with Gasteiger partial charge in [0.2, 0.25) is 5.91 Å². The van der Waals surface area contributed by atoms with Gasteiger partial charge in [-0.25, -0.2) is 4.39 Å². The summed E-state index contributed by atoms with van der Waals surface area (Å²) in [5.74, 6) is -1.44. The van der Waals surface area contributed by atoms with E-state index in [1.807, 2.05) is 24.3 Å². The summed E-state index contributed by atoms with van der Waals surface area (Å²) in [5.41, 5.74) is 7.83. The first-order valence-electron chi connectivity index (χ1n) is 11.9. The summed E-state index contributed by atoms with van der Waals surface area (Å²) >= 11 is 0. The van der Waals surface area contributed by atoms with E-state index in [1.165, 1.54) is 29.2 Å². The standard InChI is InChI=1S/C26H31FN4O3/c27-22-11-9-21(10-12-22)26(34)31-14-13-30(25(33)20-7-2-1-3-8-20)24(31)23(32)29-17-19-6-4-5-18(15-19)16-28/h4-6,9-12,15,20,24H,1-3,7-8,13-14,16-17,28H2,(H,29,32). The molecule has 1 saturated heterocycles. The molecule has 3 N–H and O–H groups in total. The van der Waals surface area contributed by atoms with Gasteiger partial charge in [-0.2, -0.15) is 0 Å². The molecule has 34 heavy (non-hydrogen) atoms. The lowest BCUT2D eigenvalue weighted by atomic mass is 9.88. The van der Waals surface area contributed by atoms with E-state index in [4.69, 9.17) is 5.73 Å². The highest BCUT2D eigenvalue weighted by Gasteiger charge is 2.44. The molecule has 180 valence electrons. The Morgan fingerprint density at radius 1 is 0.941 bits per heavy atom. The molecule has 8 heteroatoms. The molecule has 0 radical (unpaired) electrons. The zero-order valence-corrected chi connectivity index (χ0v) is 19.2. The van der Waals surface area contributed by atoms with Crippen LogP contribution in [0.2, 0.25) is 0 Å². The minimum atomic E-state index is -1.04. The smallest absolute Gasteiger partial charge is 0.264 e. The molecule has 0 spiro atoms. The van der Waals surface area contributed by atoms with E-state index < -0.39 is 23.8 Å². The number of amides is 3. The predicted octanol–water partition coefficient (Wildman–Crippen LogP) is 2.79. The third-order valence-corrected chi connectivity index (χ3v) is 6.69. The van der Waals surface area contributed by atoms with Crippen LogP contribution in [-0.2, 0) is 22.7 Å².